The second-order valence-electron chi connectivity index (χ2n) is 24.4. The average Bonchev–Trinajstić information content (AvgIpc) is 4.03. The zero-order chi connectivity index (χ0) is 55.2. The van der Waals surface area contributed by atoms with Crippen LogP contribution in [0.3, 0.4) is 0 Å². The van der Waals surface area contributed by atoms with Crippen LogP contribution in [0, 0.1) is 22.7 Å². The van der Waals surface area contributed by atoms with Crippen LogP contribution >= 0.6 is 0 Å². The fourth-order valence-corrected chi connectivity index (χ4v) is 11.9. The number of nitrogens with zero attached hydrogens (tertiary/aromatic N) is 2. The number of likely N-dealkylation sites (N-methyl/N-ethyl adjacent to an activating group) is 2. The van der Waals surface area contributed by atoms with Crippen LogP contribution in [0.5, 0.6) is 0 Å². The van der Waals surface area contributed by atoms with E-state index < -0.39 is 82.8 Å². The van der Waals surface area contributed by atoms with Gasteiger partial charge in [0, 0.05) is 37.0 Å². The van der Waals surface area contributed by atoms with E-state index in [-0.39, 0.29) is 73.5 Å². The predicted molar refractivity (Wildman–Crippen MR) is 290 cm³/mol. The quantitative estimate of drug-likeness (QED) is 0.122. The van der Waals surface area contributed by atoms with Gasteiger partial charge in [0.1, 0.15) is 24.2 Å². The molecule has 416 valence electrons. The molecule has 1 unspecified atom stereocenters. The molecule has 18 heteroatoms. The van der Waals surface area contributed by atoms with Crippen LogP contribution in [0.2, 0.25) is 0 Å². The summed E-state index contributed by atoms with van der Waals surface area (Å²) < 4.78 is 0. The van der Waals surface area contributed by atoms with Crippen molar-refractivity contribution in [2.75, 3.05) is 27.2 Å². The van der Waals surface area contributed by atoms with Crippen molar-refractivity contribution in [3.63, 3.8) is 0 Å². The second kappa shape index (κ2) is 24.6. The molecule has 8 N–H and O–H groups in total. The molecule has 0 aromatic heterocycles. The topological polar surface area (TPSA) is 239 Å². The minimum atomic E-state index is -0.951. The first-order valence-corrected chi connectivity index (χ1v) is 27.9. The van der Waals surface area contributed by atoms with E-state index in [1.807, 2.05) is 77.9 Å². The van der Waals surface area contributed by atoms with Crippen LogP contribution in [0.1, 0.15) is 154 Å². The molecule has 2 heterocycles. The van der Waals surface area contributed by atoms with Crippen LogP contribution < -0.4 is 42.5 Å². The SMILES string of the molecule is CN[C@@H](C)C(=O)N[C@@H](C(=O)N1C[C@@H](NC(=O)C2CCC(C(=O)N[C@H]3C[C@@H](C(=O)N[C@@H]4CCCc5ccccc54)N(C(=O)[C@H](NC(=O)[C@H](C)NC)C(C)(C)C)C3)CC2)CC1C(=O)N[C@@H]1CCCc2ccccc21)C(C)(C)C. The van der Waals surface area contributed by atoms with Gasteiger partial charge in [-0.25, -0.2) is 0 Å². The number of aryl methyl sites for hydroxylation is 2. The van der Waals surface area contributed by atoms with E-state index in [2.05, 4.69) is 54.7 Å². The number of rotatable bonds is 16. The predicted octanol–water partition coefficient (Wildman–Crippen LogP) is 3.63. The van der Waals surface area contributed by atoms with E-state index in [9.17, 15) is 38.4 Å². The van der Waals surface area contributed by atoms with E-state index in [1.165, 1.54) is 20.9 Å². The highest BCUT2D eigenvalue weighted by Gasteiger charge is 2.49. The van der Waals surface area contributed by atoms with E-state index in [0.717, 1.165) is 49.7 Å². The molecular formula is C58H86N10O8. The van der Waals surface area contributed by atoms with E-state index in [0.29, 0.717) is 25.7 Å². The van der Waals surface area contributed by atoms with Crippen LogP contribution in [-0.4, -0.2) is 133 Å². The number of carbonyl (C=O) groups is 8. The van der Waals surface area contributed by atoms with Crippen molar-refractivity contribution in [2.45, 2.75) is 193 Å². The molecule has 0 bridgehead atoms. The molecule has 0 spiro atoms. The maximum Gasteiger partial charge on any atom is 0.246 e. The summed E-state index contributed by atoms with van der Waals surface area (Å²) in [6.45, 7) is 14.8. The molecule has 2 saturated heterocycles. The number of benzene rings is 2. The van der Waals surface area contributed by atoms with Gasteiger partial charge in [-0.15, -0.1) is 0 Å². The van der Waals surface area contributed by atoms with Crippen LogP contribution in [0.15, 0.2) is 48.5 Å². The van der Waals surface area contributed by atoms with Crippen molar-refractivity contribution in [3.05, 3.63) is 70.8 Å². The molecule has 1 saturated carbocycles. The van der Waals surface area contributed by atoms with E-state index in [4.69, 9.17) is 0 Å². The zero-order valence-electron chi connectivity index (χ0n) is 46.6. The number of hydrogen-bond acceptors (Lipinski definition) is 10. The van der Waals surface area contributed by atoms with Gasteiger partial charge >= 0.3 is 0 Å². The normalized spacial score (nSPS) is 26.1. The highest BCUT2D eigenvalue weighted by molar-refractivity contribution is 5.96. The van der Waals surface area contributed by atoms with Crippen molar-refractivity contribution in [3.8, 4) is 0 Å². The Hall–Kier alpha value is -5.88. The highest BCUT2D eigenvalue weighted by Crippen LogP contribution is 2.35. The molecule has 10 atom stereocenters. The molecule has 3 aliphatic carbocycles. The van der Waals surface area contributed by atoms with Gasteiger partial charge in [-0.05, 0) is 138 Å². The highest BCUT2D eigenvalue weighted by atomic mass is 16.2. The first-order valence-electron chi connectivity index (χ1n) is 27.9. The Morgan fingerprint density at radius 1 is 0.500 bits per heavy atom. The van der Waals surface area contributed by atoms with Crippen LogP contribution in [-0.2, 0) is 51.2 Å². The van der Waals surface area contributed by atoms with Gasteiger partial charge < -0.3 is 52.3 Å². The summed E-state index contributed by atoms with van der Waals surface area (Å²) in [4.78, 5) is 116. The lowest BCUT2D eigenvalue weighted by Gasteiger charge is -2.36. The third-order valence-electron chi connectivity index (χ3n) is 16.8. The van der Waals surface area contributed by atoms with Gasteiger partial charge in [0.15, 0.2) is 0 Å². The molecule has 18 nitrogen and oxygen atoms in total. The minimum Gasteiger partial charge on any atom is -0.351 e. The maximum atomic E-state index is 14.7. The summed E-state index contributed by atoms with van der Waals surface area (Å²) in [5.41, 5.74) is 3.08. The van der Waals surface area contributed by atoms with Crippen molar-refractivity contribution in [1.82, 2.24) is 52.3 Å². The van der Waals surface area contributed by atoms with Gasteiger partial charge in [-0.3, -0.25) is 38.4 Å². The zero-order valence-corrected chi connectivity index (χ0v) is 46.6. The van der Waals surface area contributed by atoms with Crippen molar-refractivity contribution >= 4 is 47.3 Å². The molecule has 76 heavy (non-hydrogen) atoms. The van der Waals surface area contributed by atoms with Gasteiger partial charge in [0.25, 0.3) is 0 Å². The smallest absolute Gasteiger partial charge is 0.246 e. The molecule has 2 aromatic rings. The Morgan fingerprint density at radius 3 is 1.20 bits per heavy atom. The number of carbonyl (C=O) groups excluding carboxylic acids is 8. The number of fused-ring (bicyclic) bond motifs is 2. The Balaban J connectivity index is 1.01. The minimum absolute atomic E-state index is 0.0809. The Labute approximate surface area is 449 Å². The number of nitrogens with one attached hydrogen (secondary N) is 8. The molecule has 2 aromatic carbocycles. The van der Waals surface area contributed by atoms with Gasteiger partial charge in [-0.2, -0.15) is 0 Å². The lowest BCUT2D eigenvalue weighted by molar-refractivity contribution is -0.144. The fraction of sp³-hybridized carbons (Fsp3) is 0.655. The average molecular weight is 1050 g/mol. The maximum absolute atomic E-state index is 14.7. The lowest BCUT2D eigenvalue weighted by atomic mass is 9.81. The molecular weight excluding hydrogens is 965 g/mol. The third-order valence-corrected chi connectivity index (χ3v) is 16.8. The first-order chi connectivity index (χ1) is 36.0. The summed E-state index contributed by atoms with van der Waals surface area (Å²) >= 11 is 0. The van der Waals surface area contributed by atoms with Gasteiger partial charge in [-0.1, -0.05) is 90.1 Å². The third kappa shape index (κ3) is 13.6. The van der Waals surface area contributed by atoms with Crippen molar-refractivity contribution in [1.29, 1.82) is 0 Å². The Kier molecular flexibility index (Phi) is 18.7. The fourth-order valence-electron chi connectivity index (χ4n) is 11.9. The van der Waals surface area contributed by atoms with E-state index >= 15 is 0 Å². The number of likely N-dealkylation sites (tertiary alicyclic amines) is 2. The number of hydrogen-bond donors (Lipinski definition) is 8. The number of amides is 8. The summed E-state index contributed by atoms with van der Waals surface area (Å²) in [5, 5.41) is 24.6. The summed E-state index contributed by atoms with van der Waals surface area (Å²) in [5.74, 6) is -3.31. The first kappa shape index (κ1) is 57.8. The van der Waals surface area contributed by atoms with Gasteiger partial charge in [0.05, 0.1) is 24.2 Å². The molecule has 3 fully saturated rings. The van der Waals surface area contributed by atoms with Crippen molar-refractivity contribution < 1.29 is 38.4 Å². The van der Waals surface area contributed by atoms with Crippen LogP contribution in [0.25, 0.3) is 0 Å². The van der Waals surface area contributed by atoms with Gasteiger partial charge in [0.2, 0.25) is 47.3 Å². The largest absolute Gasteiger partial charge is 0.351 e. The Bertz CT molecular complexity index is 2290. The summed E-state index contributed by atoms with van der Waals surface area (Å²) in [6.07, 6.45) is 7.32. The van der Waals surface area contributed by atoms with E-state index in [1.54, 1.807) is 27.9 Å². The van der Waals surface area contributed by atoms with Crippen molar-refractivity contribution in [2.24, 2.45) is 22.7 Å². The van der Waals surface area contributed by atoms with Crippen LogP contribution in [0.4, 0.5) is 0 Å². The lowest BCUT2D eigenvalue weighted by Crippen LogP contribution is -2.59. The molecule has 5 aliphatic rings. The molecule has 0 radical (unpaired) electrons. The monoisotopic (exact) mass is 1050 g/mol. The molecule has 8 amide bonds. The Morgan fingerprint density at radius 2 is 0.855 bits per heavy atom. The second-order valence-corrected chi connectivity index (χ2v) is 24.4. The standard InChI is InChI=1S/C58H86N10O8/c1-33(59-9)49(69)65-47(57(3,4)5)55(75)67-31-39(29-45(67)53(73)63-43-23-15-19-35-17-11-13-21-41(35)43)61-51(71)37-25-27-38(28-26-37)52(72)62-40-30-46(54(74)64-44-24-16-20-36-18-12-14-22-42(36)44)68(32-40)56(76)48(58(6,7)8)66-50(70)34(2)60-10/h11-14,17-18,21-22,33-34,37-40,43-48,59-60H,15-16,19-20,23-32H2,1-10H3,(H,61,71)(H,62,72)(H,63,73)(H,64,74)(H,65,69)(H,66,70)/t33-,34-,37?,38?,39-,40-,43+,44+,45-,46?,47-,48-/m0/s1. The summed E-state index contributed by atoms with van der Waals surface area (Å²) in [7, 11) is 3.34. The summed E-state index contributed by atoms with van der Waals surface area (Å²) in [6, 6.07) is 9.80. The molecule has 2 aliphatic heterocycles. The molecule has 7 rings (SSSR count).